The van der Waals surface area contributed by atoms with Gasteiger partial charge in [0.05, 0.1) is 11.3 Å². The molecule has 0 aliphatic carbocycles. The molecule has 0 spiro atoms. The van der Waals surface area contributed by atoms with Gasteiger partial charge in [0.1, 0.15) is 5.82 Å². The molecule has 0 fully saturated rings. The van der Waals surface area contributed by atoms with Crippen LogP contribution in [0.25, 0.3) is 0 Å². The first-order valence-electron chi connectivity index (χ1n) is 7.04. The Bertz CT molecular complexity index is 776. The molecule has 2 rings (SSSR count). The second-order valence-corrected chi connectivity index (χ2v) is 5.77. The highest BCUT2D eigenvalue weighted by atomic mass is 79.9. The molecule has 0 aromatic heterocycles. The van der Waals surface area contributed by atoms with Crippen LogP contribution in [0.4, 0.5) is 4.39 Å². The van der Waals surface area contributed by atoms with E-state index in [1.165, 1.54) is 24.3 Å². The molecule has 0 saturated carbocycles. The Labute approximate surface area is 146 Å². The summed E-state index contributed by atoms with van der Waals surface area (Å²) >= 11 is 3.30. The molecule has 1 amide bonds. The van der Waals surface area contributed by atoms with Gasteiger partial charge in [-0.3, -0.25) is 4.79 Å². The van der Waals surface area contributed by atoms with Crippen LogP contribution in [0.1, 0.15) is 28.8 Å². The monoisotopic (exact) mass is 391 g/mol. The second-order valence-electron chi connectivity index (χ2n) is 4.86. The van der Waals surface area contributed by atoms with E-state index in [1.807, 2.05) is 0 Å². The van der Waals surface area contributed by atoms with E-state index in [9.17, 15) is 19.1 Å². The number of benzene rings is 2. The largest absolute Gasteiger partial charge is 0.550 e. The molecule has 0 heterocycles. The van der Waals surface area contributed by atoms with Gasteiger partial charge in [-0.15, -0.1) is 0 Å². The van der Waals surface area contributed by atoms with Gasteiger partial charge >= 0.3 is 0 Å². The summed E-state index contributed by atoms with van der Waals surface area (Å²) < 4.78 is 14.4. The molecule has 0 saturated heterocycles. The van der Waals surface area contributed by atoms with Gasteiger partial charge in [-0.05, 0) is 42.7 Å². The van der Waals surface area contributed by atoms with E-state index < -0.39 is 17.7 Å². The highest BCUT2D eigenvalue weighted by Crippen LogP contribution is 2.13. The van der Waals surface area contributed by atoms with Crippen LogP contribution in [0, 0.1) is 5.82 Å². The number of carboxylic acid groups (broad SMARTS) is 1. The van der Waals surface area contributed by atoms with E-state index in [-0.39, 0.29) is 18.4 Å². The molecule has 2 aromatic carbocycles. The number of carboxylic acids is 1. The molecule has 0 atom stereocenters. The number of rotatable bonds is 6. The topological polar surface area (TPSA) is 81.6 Å². The molecule has 0 radical (unpaired) electrons. The summed E-state index contributed by atoms with van der Waals surface area (Å²) in [7, 11) is 0. The van der Waals surface area contributed by atoms with Gasteiger partial charge < -0.3 is 9.90 Å². The number of nitrogens with zero attached hydrogens (tertiary/aromatic N) is 1. The Balaban J connectivity index is 2.21. The van der Waals surface area contributed by atoms with Crippen LogP contribution >= 0.6 is 15.9 Å². The highest BCUT2D eigenvalue weighted by Gasteiger charge is 2.11. The fourth-order valence-electron chi connectivity index (χ4n) is 1.95. The summed E-state index contributed by atoms with van der Waals surface area (Å²) in [6.45, 7) is 0. The molecule has 0 aliphatic heterocycles. The predicted octanol–water partition coefficient (Wildman–Crippen LogP) is 2.25. The van der Waals surface area contributed by atoms with Crippen LogP contribution in [0.5, 0.6) is 0 Å². The molecule has 5 nitrogen and oxygen atoms in total. The zero-order valence-electron chi connectivity index (χ0n) is 12.5. The smallest absolute Gasteiger partial charge is 0.274 e. The van der Waals surface area contributed by atoms with E-state index in [1.54, 1.807) is 24.3 Å². The summed E-state index contributed by atoms with van der Waals surface area (Å²) in [5, 5.41) is 14.6. The minimum Gasteiger partial charge on any atom is -0.550 e. The average molecular weight is 392 g/mol. The standard InChI is InChI=1S/C17H14BrFN2O3/c18-12-7-5-11(6-8-12)15(9-10-16(22)23)20-21-17(24)13-3-1-2-4-14(13)19/h1-8H,9-10H2,(H,21,24)(H,22,23)/p-1/b20-15-. The number of carbonyl (C=O) groups excluding carboxylic acids is 2. The number of amides is 1. The van der Waals surface area contributed by atoms with E-state index in [4.69, 9.17) is 0 Å². The minimum atomic E-state index is -1.22. The van der Waals surface area contributed by atoms with Gasteiger partial charge in [-0.2, -0.15) is 5.10 Å². The third kappa shape index (κ3) is 4.99. The van der Waals surface area contributed by atoms with Gasteiger partial charge in [0.15, 0.2) is 0 Å². The Kier molecular flexibility index (Phi) is 6.20. The van der Waals surface area contributed by atoms with Gasteiger partial charge in [-0.1, -0.05) is 40.2 Å². The summed E-state index contributed by atoms with van der Waals surface area (Å²) in [5.41, 5.74) is 3.12. The molecule has 2 aromatic rings. The molecule has 1 N–H and O–H groups in total. The van der Waals surface area contributed by atoms with Crippen LogP contribution in [-0.2, 0) is 4.79 Å². The van der Waals surface area contributed by atoms with Crippen LogP contribution in [0.2, 0.25) is 0 Å². The third-order valence-electron chi connectivity index (χ3n) is 3.15. The lowest BCUT2D eigenvalue weighted by Gasteiger charge is -2.09. The van der Waals surface area contributed by atoms with Crippen LogP contribution in [-0.4, -0.2) is 17.6 Å². The molecule has 0 bridgehead atoms. The van der Waals surface area contributed by atoms with E-state index >= 15 is 0 Å². The Morgan fingerprint density at radius 1 is 1.08 bits per heavy atom. The number of nitrogens with one attached hydrogen (secondary N) is 1. The van der Waals surface area contributed by atoms with E-state index in [0.29, 0.717) is 11.3 Å². The number of aliphatic carboxylic acids is 1. The molecule has 0 aliphatic rings. The van der Waals surface area contributed by atoms with E-state index in [2.05, 4.69) is 26.5 Å². The fourth-order valence-corrected chi connectivity index (χ4v) is 2.22. The van der Waals surface area contributed by atoms with Gasteiger partial charge in [0.2, 0.25) is 0 Å². The van der Waals surface area contributed by atoms with E-state index in [0.717, 1.165) is 4.47 Å². The summed E-state index contributed by atoms with van der Waals surface area (Å²) in [6.07, 6.45) is -0.175. The zero-order valence-corrected chi connectivity index (χ0v) is 14.0. The van der Waals surface area contributed by atoms with Gasteiger partial charge in [0, 0.05) is 10.4 Å². The van der Waals surface area contributed by atoms with Crippen molar-refractivity contribution in [2.24, 2.45) is 5.10 Å². The fraction of sp³-hybridized carbons (Fsp3) is 0.118. The first-order chi connectivity index (χ1) is 11.5. The zero-order chi connectivity index (χ0) is 17.5. The first-order valence-corrected chi connectivity index (χ1v) is 7.84. The SMILES string of the molecule is O=C([O-])CC/C(=N/NC(=O)c1ccccc1F)c1ccc(Br)cc1. The lowest BCUT2D eigenvalue weighted by Crippen LogP contribution is -2.25. The minimum absolute atomic E-state index is 0.0709. The molecule has 7 heteroatoms. The van der Waals surface area contributed by atoms with Crippen molar-refractivity contribution >= 4 is 33.5 Å². The first kappa shape index (κ1) is 17.8. The van der Waals surface area contributed by atoms with Crippen molar-refractivity contribution in [1.29, 1.82) is 0 Å². The molecular formula is C17H13BrFN2O3-. The maximum atomic E-state index is 13.6. The van der Waals surface area contributed by atoms with Gasteiger partial charge in [0.25, 0.3) is 5.91 Å². The summed E-state index contributed by atoms with van der Waals surface area (Å²) in [4.78, 5) is 22.7. The van der Waals surface area contributed by atoms with Gasteiger partial charge in [-0.25, -0.2) is 9.82 Å². The normalized spacial score (nSPS) is 11.2. The van der Waals surface area contributed by atoms with Crippen molar-refractivity contribution in [2.45, 2.75) is 12.8 Å². The maximum Gasteiger partial charge on any atom is 0.274 e. The van der Waals surface area contributed by atoms with Crippen LogP contribution in [0.3, 0.4) is 0 Å². The maximum absolute atomic E-state index is 13.6. The molecule has 124 valence electrons. The van der Waals surface area contributed by atoms with Crippen molar-refractivity contribution in [3.63, 3.8) is 0 Å². The summed E-state index contributed by atoms with van der Waals surface area (Å²) in [6, 6.07) is 12.5. The molecular weight excluding hydrogens is 379 g/mol. The number of hydrogen-bond acceptors (Lipinski definition) is 4. The summed E-state index contributed by atoms with van der Waals surface area (Å²) in [5.74, 6) is -2.60. The Morgan fingerprint density at radius 3 is 2.38 bits per heavy atom. The highest BCUT2D eigenvalue weighted by molar-refractivity contribution is 9.10. The Morgan fingerprint density at radius 2 is 1.75 bits per heavy atom. The number of hydrogen-bond donors (Lipinski definition) is 1. The quantitative estimate of drug-likeness (QED) is 0.605. The van der Waals surface area contributed by atoms with Crippen molar-refractivity contribution < 1.29 is 19.1 Å². The van der Waals surface area contributed by atoms with Crippen molar-refractivity contribution in [2.75, 3.05) is 0 Å². The average Bonchev–Trinajstić information content (AvgIpc) is 2.56. The number of halogens is 2. The number of hydrazone groups is 1. The lowest BCUT2D eigenvalue weighted by molar-refractivity contribution is -0.305. The predicted molar refractivity (Wildman–Crippen MR) is 88.8 cm³/mol. The molecule has 0 unspecified atom stereocenters. The molecule has 24 heavy (non-hydrogen) atoms. The van der Waals surface area contributed by atoms with Crippen LogP contribution < -0.4 is 10.5 Å². The van der Waals surface area contributed by atoms with Crippen molar-refractivity contribution in [3.05, 3.63) is 69.9 Å². The third-order valence-corrected chi connectivity index (χ3v) is 3.68. The van der Waals surface area contributed by atoms with Crippen LogP contribution in [0.15, 0.2) is 58.1 Å². The lowest BCUT2D eigenvalue weighted by atomic mass is 10.1. The van der Waals surface area contributed by atoms with Crippen molar-refractivity contribution in [1.82, 2.24) is 5.43 Å². The Hall–Kier alpha value is -2.54. The second kappa shape index (κ2) is 8.35. The number of carbonyl (C=O) groups is 2. The van der Waals surface area contributed by atoms with Crippen molar-refractivity contribution in [3.8, 4) is 0 Å².